The lowest BCUT2D eigenvalue weighted by molar-refractivity contribution is 1.55. The van der Waals surface area contributed by atoms with Crippen LogP contribution in [0.5, 0.6) is 0 Å². The van der Waals surface area contributed by atoms with E-state index in [9.17, 15) is 19.2 Å². The zero-order valence-electron chi connectivity index (χ0n) is 46.2. The highest BCUT2D eigenvalue weighted by Gasteiger charge is 2.27. The largest absolute Gasteiger partial charge is 0.289 e. The summed E-state index contributed by atoms with van der Waals surface area (Å²) < 4.78 is 3.97. The lowest BCUT2D eigenvalue weighted by Crippen LogP contribution is -2.00. The molecule has 0 N–H and O–H groups in total. The standard InChI is InChI=1S/C36H22O2S6.C34H18O2S6/c1-15-5-7-21(39-15)23-9-11-25(41-23)27-13-19-33(37)29-18(4)32-30(17(3)31(29)35(19)43-27)34(38)20-14-28(44-36(20)32)26-12-10-24(42-26)22-8-6-16(2)40-22;1-15-3-5-23(37-15)25-7-9-27(39-25)29-13-21-31(35)17-12-20-18(11-19(17)33(21)41-29)32(36)22-14-30(42-34(20)22)28-10-8-26(40-28)24-6-4-16(2)38-24/h5-14H,1-4H3;3-14H,1-2H3. The van der Waals surface area contributed by atoms with Crippen LogP contribution in [0.1, 0.15) is 30.6 Å². The molecule has 0 atom stereocenters. The molecule has 416 valence electrons. The van der Waals surface area contributed by atoms with Crippen LogP contribution in [0.15, 0.2) is 153 Å². The Kier molecular flexibility index (Phi) is 12.5. The van der Waals surface area contributed by atoms with E-state index in [-0.39, 0.29) is 21.7 Å². The summed E-state index contributed by atoms with van der Waals surface area (Å²) in [5.74, 6) is 0. The maximum absolute atomic E-state index is 14.0. The molecule has 86 heavy (non-hydrogen) atoms. The van der Waals surface area contributed by atoms with Crippen LogP contribution in [0.25, 0.3) is 161 Å². The summed E-state index contributed by atoms with van der Waals surface area (Å²) in [4.78, 5) is 79.8. The Hall–Kier alpha value is -6.48. The third-order valence-corrected chi connectivity index (χ3v) is 30.8. The molecule has 18 aromatic rings. The zero-order chi connectivity index (χ0) is 58.3. The van der Waals surface area contributed by atoms with Crippen LogP contribution >= 0.6 is 136 Å². The van der Waals surface area contributed by atoms with Crippen molar-refractivity contribution in [3.8, 4) is 78.0 Å². The molecule has 0 saturated carbocycles. The number of rotatable bonds is 8. The normalized spacial score (nSPS) is 12.3. The Morgan fingerprint density at radius 3 is 0.698 bits per heavy atom. The highest BCUT2D eigenvalue weighted by molar-refractivity contribution is 7.31. The molecule has 6 aromatic carbocycles. The molecule has 0 saturated heterocycles. The van der Waals surface area contributed by atoms with Crippen LogP contribution < -0.4 is 21.7 Å². The van der Waals surface area contributed by atoms with Gasteiger partial charge < -0.3 is 0 Å². The van der Waals surface area contributed by atoms with E-state index in [1.54, 1.807) is 136 Å². The second-order valence-corrected chi connectivity index (χ2v) is 35.4. The molecule has 18 rings (SSSR count). The van der Waals surface area contributed by atoms with E-state index in [1.165, 1.54) is 78.0 Å². The van der Waals surface area contributed by atoms with Crippen LogP contribution in [-0.4, -0.2) is 0 Å². The van der Waals surface area contributed by atoms with Gasteiger partial charge in [0.1, 0.15) is 0 Å². The zero-order valence-corrected chi connectivity index (χ0v) is 56.0. The Bertz CT molecular complexity index is 5670. The summed E-state index contributed by atoms with van der Waals surface area (Å²) in [5, 5.41) is 9.74. The van der Waals surface area contributed by atoms with Gasteiger partial charge in [0, 0.05) is 181 Å². The van der Waals surface area contributed by atoms with E-state index >= 15 is 0 Å². The minimum Gasteiger partial charge on any atom is -0.289 e. The SMILES string of the molecule is Cc1ccc(-c2ccc(-c3cc4c(=O)c5c(C)c6c(c(C)c5c4s3)c(=O)c3cc(-c4ccc(-c5ccc(C)s5)s4)sc36)s2)s1.Cc1ccc(-c2ccc(-c3cc4c(=O)c5cc6c(cc5c4s3)c(=O)c3cc(-c4ccc(-c5ccc(C)s5)s4)sc36)s2)s1. The molecule has 0 spiro atoms. The van der Waals surface area contributed by atoms with Crippen molar-refractivity contribution in [3.05, 3.63) is 205 Å². The molecule has 0 radical (unpaired) electrons. The molecule has 0 amide bonds. The maximum atomic E-state index is 14.0. The van der Waals surface area contributed by atoms with Gasteiger partial charge in [0.15, 0.2) is 21.7 Å². The fourth-order valence-electron chi connectivity index (χ4n) is 12.2. The molecule has 0 aliphatic heterocycles. The van der Waals surface area contributed by atoms with E-state index in [2.05, 4.69) is 137 Å². The van der Waals surface area contributed by atoms with Crippen LogP contribution in [-0.2, 0) is 0 Å². The Labute approximate surface area is 538 Å². The third kappa shape index (κ3) is 8.32. The summed E-state index contributed by atoms with van der Waals surface area (Å²) in [7, 11) is 0. The van der Waals surface area contributed by atoms with Gasteiger partial charge in [-0.05, 0) is 186 Å². The van der Waals surface area contributed by atoms with Crippen molar-refractivity contribution >= 4 is 219 Å². The van der Waals surface area contributed by atoms with Crippen molar-refractivity contribution in [3.63, 3.8) is 0 Å². The van der Waals surface area contributed by atoms with Gasteiger partial charge in [-0.25, -0.2) is 0 Å². The molecule has 4 nitrogen and oxygen atoms in total. The van der Waals surface area contributed by atoms with E-state index in [4.69, 9.17) is 0 Å². The molecule has 0 aliphatic rings. The van der Waals surface area contributed by atoms with Crippen LogP contribution in [0, 0.1) is 41.5 Å². The Balaban J connectivity index is 0.000000135. The first-order valence-electron chi connectivity index (χ1n) is 27.5. The summed E-state index contributed by atoms with van der Waals surface area (Å²) in [6.45, 7) is 12.6. The molecule has 0 unspecified atom stereocenters. The second-order valence-electron chi connectivity index (χ2n) is 21.7. The predicted octanol–water partition coefficient (Wildman–Crippen LogP) is 23.7. The number of benzene rings is 2. The third-order valence-electron chi connectivity index (χ3n) is 16.3. The molecule has 0 fully saturated rings. The smallest absolute Gasteiger partial charge is 0.195 e. The van der Waals surface area contributed by atoms with Crippen molar-refractivity contribution in [2.24, 2.45) is 0 Å². The number of fused-ring (bicyclic) bond motifs is 12. The van der Waals surface area contributed by atoms with Crippen LogP contribution in [0.3, 0.4) is 0 Å². The highest BCUT2D eigenvalue weighted by Crippen LogP contribution is 2.51. The maximum Gasteiger partial charge on any atom is 0.195 e. The van der Waals surface area contributed by atoms with Crippen molar-refractivity contribution < 1.29 is 0 Å². The summed E-state index contributed by atoms with van der Waals surface area (Å²) in [6, 6.07) is 46.8. The molecule has 16 heteroatoms. The number of thiophene rings is 12. The second kappa shape index (κ2) is 20.0. The molecule has 0 bridgehead atoms. The van der Waals surface area contributed by atoms with Gasteiger partial charge in [-0.2, -0.15) is 0 Å². The summed E-state index contributed by atoms with van der Waals surface area (Å²) in [6.07, 6.45) is 0. The quantitative estimate of drug-likeness (QED) is 0.152. The van der Waals surface area contributed by atoms with Crippen LogP contribution in [0.4, 0.5) is 0 Å². The van der Waals surface area contributed by atoms with Crippen molar-refractivity contribution in [2.45, 2.75) is 41.5 Å². The molecular formula is C70H40O4S12. The van der Waals surface area contributed by atoms with Gasteiger partial charge in [0.05, 0.1) is 0 Å². The van der Waals surface area contributed by atoms with Crippen molar-refractivity contribution in [1.29, 1.82) is 0 Å². The first-order chi connectivity index (χ1) is 41.7. The van der Waals surface area contributed by atoms with Crippen LogP contribution in [0.2, 0.25) is 0 Å². The minimum absolute atomic E-state index is 0.0581. The monoisotopic (exact) mass is 1330 g/mol. The van der Waals surface area contributed by atoms with Gasteiger partial charge >= 0.3 is 0 Å². The average Bonchev–Trinajstić information content (AvgIpc) is 1.57. The van der Waals surface area contributed by atoms with Gasteiger partial charge in [0.2, 0.25) is 0 Å². The highest BCUT2D eigenvalue weighted by atomic mass is 32.1. The average molecular weight is 1330 g/mol. The fourth-order valence-corrected chi connectivity index (χ4v) is 25.3. The topological polar surface area (TPSA) is 68.3 Å². The first-order valence-corrected chi connectivity index (χ1v) is 37.3. The first kappa shape index (κ1) is 53.7. The number of hydrogen-bond acceptors (Lipinski definition) is 16. The summed E-state index contributed by atoms with van der Waals surface area (Å²) in [5.41, 5.74) is 2.15. The van der Waals surface area contributed by atoms with E-state index in [1.807, 2.05) is 38.1 Å². The minimum atomic E-state index is 0.0581. The lowest BCUT2D eigenvalue weighted by atomic mass is 9.99. The van der Waals surface area contributed by atoms with Crippen molar-refractivity contribution in [2.75, 3.05) is 0 Å². The molecule has 12 aromatic heterocycles. The Morgan fingerprint density at radius 1 is 0.198 bits per heavy atom. The lowest BCUT2D eigenvalue weighted by Gasteiger charge is -2.05. The fraction of sp³-hybridized carbons (Fsp3) is 0.0857. The Morgan fingerprint density at radius 2 is 0.430 bits per heavy atom. The van der Waals surface area contributed by atoms with Gasteiger partial charge in [-0.1, -0.05) is 0 Å². The predicted molar refractivity (Wildman–Crippen MR) is 389 cm³/mol. The molecule has 12 heterocycles. The molecular weight excluding hydrogens is 1290 g/mol. The van der Waals surface area contributed by atoms with Gasteiger partial charge in [-0.15, -0.1) is 136 Å². The van der Waals surface area contributed by atoms with E-state index in [0.29, 0.717) is 10.8 Å². The number of hydrogen-bond donors (Lipinski definition) is 0. The van der Waals surface area contributed by atoms with Gasteiger partial charge in [0.25, 0.3) is 0 Å². The van der Waals surface area contributed by atoms with E-state index < -0.39 is 0 Å². The summed E-state index contributed by atoms with van der Waals surface area (Å²) >= 11 is 21.0. The van der Waals surface area contributed by atoms with E-state index in [0.717, 1.165) is 103 Å². The van der Waals surface area contributed by atoms with Crippen molar-refractivity contribution in [1.82, 2.24) is 0 Å². The number of aryl methyl sites for hydroxylation is 6. The van der Waals surface area contributed by atoms with Gasteiger partial charge in [-0.3, -0.25) is 19.2 Å². The molecule has 0 aliphatic carbocycles.